The van der Waals surface area contributed by atoms with Crippen LogP contribution in [0.25, 0.3) is 0 Å². The number of rotatable bonds is 3. The van der Waals surface area contributed by atoms with E-state index in [0.29, 0.717) is 0 Å². The largest absolute Gasteiger partial charge is 0.374 e. The Labute approximate surface area is 109 Å². The third-order valence-electron chi connectivity index (χ3n) is 3.55. The van der Waals surface area contributed by atoms with Gasteiger partial charge in [0.1, 0.15) is 6.04 Å². The Morgan fingerprint density at radius 1 is 1.28 bits per heavy atom. The number of carbonyl (C=O) groups is 1. The van der Waals surface area contributed by atoms with Gasteiger partial charge in [-0.2, -0.15) is 0 Å². The quantitative estimate of drug-likeness (QED) is 0.889. The molecule has 1 aromatic rings. The molecule has 1 unspecified atom stereocenters. The van der Waals surface area contributed by atoms with Gasteiger partial charge in [-0.05, 0) is 50.8 Å². The summed E-state index contributed by atoms with van der Waals surface area (Å²) in [7, 11) is 0. The number of anilines is 1. The van der Waals surface area contributed by atoms with Crippen LogP contribution in [0.1, 0.15) is 30.9 Å². The molecule has 1 aliphatic heterocycles. The van der Waals surface area contributed by atoms with Crippen molar-refractivity contribution in [3.05, 3.63) is 29.3 Å². The normalized spacial score (nSPS) is 16.7. The van der Waals surface area contributed by atoms with Gasteiger partial charge in [-0.1, -0.05) is 12.1 Å². The van der Waals surface area contributed by atoms with Crippen LogP contribution in [-0.4, -0.2) is 29.9 Å². The van der Waals surface area contributed by atoms with E-state index in [2.05, 4.69) is 37.4 Å². The van der Waals surface area contributed by atoms with Crippen molar-refractivity contribution in [3.63, 3.8) is 0 Å². The average Bonchev–Trinajstić information content (AvgIpc) is 2.86. The predicted molar refractivity (Wildman–Crippen MR) is 74.8 cm³/mol. The fourth-order valence-corrected chi connectivity index (χ4v) is 2.40. The second-order valence-electron chi connectivity index (χ2n) is 5.22. The second kappa shape index (κ2) is 5.42. The SMILES string of the molecule is Cc1ccc(C)c(NC(C)C(=O)N2CCCC2)c1. The molecule has 1 heterocycles. The number of hydrogen-bond acceptors (Lipinski definition) is 2. The summed E-state index contributed by atoms with van der Waals surface area (Å²) in [5.41, 5.74) is 3.46. The van der Waals surface area contributed by atoms with Crippen molar-refractivity contribution in [1.29, 1.82) is 0 Å². The standard InChI is InChI=1S/C15H22N2O/c1-11-6-7-12(2)14(10-11)16-13(3)15(18)17-8-4-5-9-17/h6-7,10,13,16H,4-5,8-9H2,1-3H3. The smallest absolute Gasteiger partial charge is 0.244 e. The fraction of sp³-hybridized carbons (Fsp3) is 0.533. The summed E-state index contributed by atoms with van der Waals surface area (Å²) >= 11 is 0. The minimum absolute atomic E-state index is 0.149. The molecule has 3 nitrogen and oxygen atoms in total. The van der Waals surface area contributed by atoms with E-state index in [1.165, 1.54) is 11.1 Å². The molecule has 0 spiro atoms. The van der Waals surface area contributed by atoms with E-state index >= 15 is 0 Å². The first-order valence-electron chi connectivity index (χ1n) is 6.70. The summed E-state index contributed by atoms with van der Waals surface area (Å²) in [4.78, 5) is 14.2. The van der Waals surface area contributed by atoms with Gasteiger partial charge in [0.15, 0.2) is 0 Å². The van der Waals surface area contributed by atoms with Crippen LogP contribution in [0, 0.1) is 13.8 Å². The van der Waals surface area contributed by atoms with Gasteiger partial charge in [-0.3, -0.25) is 4.79 Å². The summed E-state index contributed by atoms with van der Waals surface area (Å²) in [6.45, 7) is 7.91. The molecule has 2 rings (SSSR count). The van der Waals surface area contributed by atoms with Gasteiger partial charge >= 0.3 is 0 Å². The van der Waals surface area contributed by atoms with Gasteiger partial charge < -0.3 is 10.2 Å². The monoisotopic (exact) mass is 246 g/mol. The molecule has 0 radical (unpaired) electrons. The van der Waals surface area contributed by atoms with Crippen molar-refractivity contribution in [2.75, 3.05) is 18.4 Å². The van der Waals surface area contributed by atoms with Gasteiger partial charge in [-0.15, -0.1) is 0 Å². The summed E-state index contributed by atoms with van der Waals surface area (Å²) in [5.74, 6) is 0.216. The zero-order valence-electron chi connectivity index (χ0n) is 11.5. The van der Waals surface area contributed by atoms with Gasteiger partial charge in [0.05, 0.1) is 0 Å². The number of likely N-dealkylation sites (tertiary alicyclic amines) is 1. The van der Waals surface area contributed by atoms with E-state index in [4.69, 9.17) is 0 Å². The van der Waals surface area contributed by atoms with Crippen molar-refractivity contribution in [2.24, 2.45) is 0 Å². The Kier molecular flexibility index (Phi) is 3.90. The molecular weight excluding hydrogens is 224 g/mol. The maximum absolute atomic E-state index is 12.2. The third-order valence-corrected chi connectivity index (χ3v) is 3.55. The van der Waals surface area contributed by atoms with E-state index in [1.54, 1.807) is 0 Å². The van der Waals surface area contributed by atoms with Crippen LogP contribution in [0.4, 0.5) is 5.69 Å². The van der Waals surface area contributed by atoms with Crippen LogP contribution in [-0.2, 0) is 4.79 Å². The topological polar surface area (TPSA) is 32.3 Å². The highest BCUT2D eigenvalue weighted by Crippen LogP contribution is 2.18. The maximum Gasteiger partial charge on any atom is 0.244 e. The number of hydrogen-bond donors (Lipinski definition) is 1. The minimum atomic E-state index is -0.149. The molecule has 1 saturated heterocycles. The van der Waals surface area contributed by atoms with Crippen molar-refractivity contribution >= 4 is 11.6 Å². The lowest BCUT2D eigenvalue weighted by atomic mass is 10.1. The molecule has 0 saturated carbocycles. The molecule has 1 fully saturated rings. The van der Waals surface area contributed by atoms with E-state index < -0.39 is 0 Å². The predicted octanol–water partition coefficient (Wildman–Crippen LogP) is 2.73. The molecule has 3 heteroatoms. The molecule has 1 aromatic carbocycles. The number of nitrogens with one attached hydrogen (secondary N) is 1. The summed E-state index contributed by atoms with van der Waals surface area (Å²) in [6, 6.07) is 6.13. The highest BCUT2D eigenvalue weighted by molar-refractivity contribution is 5.84. The van der Waals surface area contributed by atoms with Crippen LogP contribution < -0.4 is 5.32 Å². The van der Waals surface area contributed by atoms with Gasteiger partial charge in [0.25, 0.3) is 0 Å². The van der Waals surface area contributed by atoms with Crippen molar-refractivity contribution in [2.45, 2.75) is 39.7 Å². The van der Waals surface area contributed by atoms with Crippen LogP contribution in [0.15, 0.2) is 18.2 Å². The Hall–Kier alpha value is -1.51. The van der Waals surface area contributed by atoms with Crippen molar-refractivity contribution in [3.8, 4) is 0 Å². The first kappa shape index (κ1) is 12.9. The highest BCUT2D eigenvalue weighted by Gasteiger charge is 2.23. The molecule has 1 N–H and O–H groups in total. The van der Waals surface area contributed by atoms with E-state index in [-0.39, 0.29) is 11.9 Å². The lowest BCUT2D eigenvalue weighted by Crippen LogP contribution is -2.39. The van der Waals surface area contributed by atoms with E-state index in [1.807, 2.05) is 11.8 Å². The summed E-state index contributed by atoms with van der Waals surface area (Å²) in [5, 5.41) is 3.34. The van der Waals surface area contributed by atoms with Crippen molar-refractivity contribution < 1.29 is 4.79 Å². The number of benzene rings is 1. The molecule has 18 heavy (non-hydrogen) atoms. The Morgan fingerprint density at radius 3 is 2.61 bits per heavy atom. The van der Waals surface area contributed by atoms with Gasteiger partial charge in [0, 0.05) is 18.8 Å². The number of aryl methyl sites for hydroxylation is 2. The Balaban J connectivity index is 2.03. The van der Waals surface area contributed by atoms with Gasteiger partial charge in [-0.25, -0.2) is 0 Å². The zero-order chi connectivity index (χ0) is 13.1. The number of nitrogens with zero attached hydrogens (tertiary/aromatic N) is 1. The fourth-order valence-electron chi connectivity index (χ4n) is 2.40. The van der Waals surface area contributed by atoms with E-state index in [0.717, 1.165) is 31.6 Å². The molecule has 1 amide bonds. The first-order valence-corrected chi connectivity index (χ1v) is 6.70. The number of amides is 1. The van der Waals surface area contributed by atoms with Crippen LogP contribution in [0.5, 0.6) is 0 Å². The second-order valence-corrected chi connectivity index (χ2v) is 5.22. The molecule has 0 bridgehead atoms. The van der Waals surface area contributed by atoms with Gasteiger partial charge in [0.2, 0.25) is 5.91 Å². The summed E-state index contributed by atoms with van der Waals surface area (Å²) in [6.07, 6.45) is 2.28. The molecule has 0 aliphatic carbocycles. The Bertz CT molecular complexity index is 436. The minimum Gasteiger partial charge on any atom is -0.374 e. The molecule has 1 atom stereocenters. The highest BCUT2D eigenvalue weighted by atomic mass is 16.2. The lowest BCUT2D eigenvalue weighted by Gasteiger charge is -2.22. The molecule has 0 aromatic heterocycles. The maximum atomic E-state index is 12.2. The summed E-state index contributed by atoms with van der Waals surface area (Å²) < 4.78 is 0. The molecule has 1 aliphatic rings. The lowest BCUT2D eigenvalue weighted by molar-refractivity contribution is -0.130. The molecular formula is C15H22N2O. The average molecular weight is 246 g/mol. The van der Waals surface area contributed by atoms with E-state index in [9.17, 15) is 4.79 Å². The van der Waals surface area contributed by atoms with Crippen LogP contribution in [0.3, 0.4) is 0 Å². The van der Waals surface area contributed by atoms with Crippen LogP contribution >= 0.6 is 0 Å². The molecule has 98 valence electrons. The Morgan fingerprint density at radius 2 is 1.94 bits per heavy atom. The van der Waals surface area contributed by atoms with Crippen LogP contribution in [0.2, 0.25) is 0 Å². The zero-order valence-corrected chi connectivity index (χ0v) is 11.5. The van der Waals surface area contributed by atoms with Crippen molar-refractivity contribution in [1.82, 2.24) is 4.90 Å². The third kappa shape index (κ3) is 2.84. The number of carbonyl (C=O) groups excluding carboxylic acids is 1. The first-order chi connectivity index (χ1) is 8.58.